The number of benzene rings is 1. The van der Waals surface area contributed by atoms with Gasteiger partial charge in [0.2, 0.25) is 0 Å². The Morgan fingerprint density at radius 3 is 2.61 bits per heavy atom. The first-order valence-electron chi connectivity index (χ1n) is 5.64. The van der Waals surface area contributed by atoms with Gasteiger partial charge in [-0.3, -0.25) is 4.68 Å². The number of ether oxygens (including phenoxy) is 2. The van der Waals surface area contributed by atoms with Crippen LogP contribution in [-0.4, -0.2) is 24.0 Å². The van der Waals surface area contributed by atoms with Crippen LogP contribution in [0.2, 0.25) is 0 Å². The number of nitrogens with two attached hydrogens (primary N) is 1. The zero-order valence-corrected chi connectivity index (χ0v) is 10.8. The summed E-state index contributed by atoms with van der Waals surface area (Å²) in [4.78, 5) is 0. The normalized spacial score (nSPS) is 10.4. The molecule has 0 amide bonds. The van der Waals surface area contributed by atoms with Gasteiger partial charge in [-0.15, -0.1) is 0 Å². The highest BCUT2D eigenvalue weighted by molar-refractivity contribution is 5.73. The first-order valence-corrected chi connectivity index (χ1v) is 5.64. The molecule has 96 valence electrons. The quantitative estimate of drug-likeness (QED) is 0.890. The molecule has 5 nitrogen and oxygen atoms in total. The Hall–Kier alpha value is -2.01. The predicted molar refractivity (Wildman–Crippen MR) is 69.6 cm³/mol. The summed E-state index contributed by atoms with van der Waals surface area (Å²) in [6.45, 7) is 0.423. The summed E-state index contributed by atoms with van der Waals surface area (Å²) in [6, 6.07) is 5.66. The molecule has 18 heavy (non-hydrogen) atoms. The van der Waals surface area contributed by atoms with Crippen LogP contribution in [0.25, 0.3) is 11.1 Å². The average Bonchev–Trinajstić information content (AvgIpc) is 2.78. The fourth-order valence-corrected chi connectivity index (χ4v) is 1.95. The predicted octanol–water partition coefficient (Wildman–Crippen LogP) is 1.56. The van der Waals surface area contributed by atoms with Crippen molar-refractivity contribution in [3.05, 3.63) is 30.1 Å². The third-order valence-electron chi connectivity index (χ3n) is 2.95. The lowest BCUT2D eigenvalue weighted by Gasteiger charge is -2.11. The Bertz CT molecular complexity index is 549. The van der Waals surface area contributed by atoms with Crippen molar-refractivity contribution in [2.45, 2.75) is 6.54 Å². The van der Waals surface area contributed by atoms with Gasteiger partial charge in [-0.25, -0.2) is 0 Å². The van der Waals surface area contributed by atoms with E-state index in [-0.39, 0.29) is 0 Å². The number of aromatic nitrogens is 2. The third-order valence-corrected chi connectivity index (χ3v) is 2.95. The van der Waals surface area contributed by atoms with E-state index in [1.54, 1.807) is 25.1 Å². The molecule has 0 atom stereocenters. The molecule has 0 fully saturated rings. The lowest BCUT2D eigenvalue weighted by molar-refractivity contribution is 0.404. The summed E-state index contributed by atoms with van der Waals surface area (Å²) in [5.41, 5.74) is 8.63. The molecular weight excluding hydrogens is 230 g/mol. The van der Waals surface area contributed by atoms with Gasteiger partial charge in [-0.1, -0.05) is 0 Å². The molecule has 0 aliphatic rings. The van der Waals surface area contributed by atoms with Gasteiger partial charge in [0.15, 0.2) is 0 Å². The van der Waals surface area contributed by atoms with Crippen LogP contribution < -0.4 is 15.2 Å². The van der Waals surface area contributed by atoms with E-state index in [9.17, 15) is 0 Å². The average molecular weight is 247 g/mol. The molecule has 0 aliphatic heterocycles. The van der Waals surface area contributed by atoms with Gasteiger partial charge in [0.1, 0.15) is 11.5 Å². The molecule has 2 N–H and O–H groups in total. The second-order valence-electron chi connectivity index (χ2n) is 3.90. The molecule has 0 bridgehead atoms. The molecule has 0 saturated heterocycles. The first-order chi connectivity index (χ1) is 8.71. The minimum absolute atomic E-state index is 0.423. The van der Waals surface area contributed by atoms with Crippen molar-refractivity contribution in [3.8, 4) is 22.6 Å². The third kappa shape index (κ3) is 2.04. The molecule has 0 unspecified atom stereocenters. The van der Waals surface area contributed by atoms with E-state index in [1.807, 2.05) is 25.2 Å². The Balaban J connectivity index is 2.60. The highest BCUT2D eigenvalue weighted by Gasteiger charge is 2.14. The van der Waals surface area contributed by atoms with Gasteiger partial charge < -0.3 is 15.2 Å². The zero-order chi connectivity index (χ0) is 13.1. The molecule has 0 spiro atoms. The summed E-state index contributed by atoms with van der Waals surface area (Å²) in [5, 5.41) is 4.23. The highest BCUT2D eigenvalue weighted by Crippen LogP contribution is 2.34. The Morgan fingerprint density at radius 1 is 1.22 bits per heavy atom. The second kappa shape index (κ2) is 5.10. The Labute approximate surface area is 106 Å². The van der Waals surface area contributed by atoms with E-state index in [0.29, 0.717) is 6.54 Å². The van der Waals surface area contributed by atoms with E-state index in [0.717, 1.165) is 28.3 Å². The second-order valence-corrected chi connectivity index (χ2v) is 3.90. The van der Waals surface area contributed by atoms with Crippen LogP contribution in [0.4, 0.5) is 0 Å². The Kier molecular flexibility index (Phi) is 3.53. The van der Waals surface area contributed by atoms with Gasteiger partial charge >= 0.3 is 0 Å². The summed E-state index contributed by atoms with van der Waals surface area (Å²) >= 11 is 0. The largest absolute Gasteiger partial charge is 0.497 e. The minimum Gasteiger partial charge on any atom is -0.497 e. The maximum atomic E-state index is 5.76. The molecule has 1 aromatic carbocycles. The van der Waals surface area contributed by atoms with E-state index < -0.39 is 0 Å². The fraction of sp³-hybridized carbons (Fsp3) is 0.308. The minimum atomic E-state index is 0.423. The van der Waals surface area contributed by atoms with Gasteiger partial charge in [0.25, 0.3) is 0 Å². The van der Waals surface area contributed by atoms with Crippen molar-refractivity contribution in [2.75, 3.05) is 14.2 Å². The molecule has 0 radical (unpaired) electrons. The molecular formula is C13H17N3O2. The molecule has 2 rings (SSSR count). The molecule has 1 aromatic heterocycles. The van der Waals surface area contributed by atoms with Crippen molar-refractivity contribution < 1.29 is 9.47 Å². The monoisotopic (exact) mass is 247 g/mol. The summed E-state index contributed by atoms with van der Waals surface area (Å²) in [5.74, 6) is 1.55. The number of aryl methyl sites for hydroxylation is 1. The molecule has 5 heteroatoms. The fourth-order valence-electron chi connectivity index (χ4n) is 1.95. The highest BCUT2D eigenvalue weighted by atomic mass is 16.5. The zero-order valence-electron chi connectivity index (χ0n) is 10.8. The lowest BCUT2D eigenvalue weighted by atomic mass is 10.0. The Morgan fingerprint density at radius 2 is 2.00 bits per heavy atom. The van der Waals surface area contributed by atoms with Crippen LogP contribution in [0, 0.1) is 0 Å². The van der Waals surface area contributed by atoms with Gasteiger partial charge in [-0.05, 0) is 18.2 Å². The SMILES string of the molecule is COc1ccc(OC)c(-c2cnn(C)c2CN)c1. The molecule has 0 aliphatic carbocycles. The van der Waals surface area contributed by atoms with Crippen LogP contribution in [0.3, 0.4) is 0 Å². The van der Waals surface area contributed by atoms with Crippen molar-refractivity contribution >= 4 is 0 Å². The maximum Gasteiger partial charge on any atom is 0.127 e. The van der Waals surface area contributed by atoms with Crippen LogP contribution in [-0.2, 0) is 13.6 Å². The van der Waals surface area contributed by atoms with Crippen LogP contribution in [0.5, 0.6) is 11.5 Å². The molecule has 1 heterocycles. The van der Waals surface area contributed by atoms with Crippen molar-refractivity contribution in [1.29, 1.82) is 0 Å². The standard InChI is InChI=1S/C13H17N3O2/c1-16-12(7-14)11(8-15-16)10-6-9(17-2)4-5-13(10)18-3/h4-6,8H,7,14H2,1-3H3. The summed E-state index contributed by atoms with van der Waals surface area (Å²) < 4.78 is 12.4. The van der Waals surface area contributed by atoms with Crippen LogP contribution in [0.1, 0.15) is 5.69 Å². The van der Waals surface area contributed by atoms with Crippen molar-refractivity contribution in [2.24, 2.45) is 12.8 Å². The number of rotatable bonds is 4. The number of hydrogen-bond donors (Lipinski definition) is 1. The first kappa shape index (κ1) is 12.4. The van der Waals surface area contributed by atoms with Gasteiger partial charge in [-0.2, -0.15) is 5.10 Å². The molecule has 2 aromatic rings. The number of methoxy groups -OCH3 is 2. The van der Waals surface area contributed by atoms with Gasteiger partial charge in [0, 0.05) is 24.7 Å². The van der Waals surface area contributed by atoms with Crippen molar-refractivity contribution in [1.82, 2.24) is 9.78 Å². The number of nitrogens with zero attached hydrogens (tertiary/aromatic N) is 2. The van der Waals surface area contributed by atoms with Crippen LogP contribution in [0.15, 0.2) is 24.4 Å². The molecule has 0 saturated carbocycles. The smallest absolute Gasteiger partial charge is 0.127 e. The van der Waals surface area contributed by atoms with E-state index in [2.05, 4.69) is 5.10 Å². The maximum absolute atomic E-state index is 5.76. The van der Waals surface area contributed by atoms with Gasteiger partial charge in [0.05, 0.1) is 26.1 Å². The van der Waals surface area contributed by atoms with Crippen LogP contribution >= 0.6 is 0 Å². The van der Waals surface area contributed by atoms with E-state index in [1.165, 1.54) is 0 Å². The van der Waals surface area contributed by atoms with E-state index in [4.69, 9.17) is 15.2 Å². The summed E-state index contributed by atoms with van der Waals surface area (Å²) in [6.07, 6.45) is 1.79. The lowest BCUT2D eigenvalue weighted by Crippen LogP contribution is -2.05. The number of hydrogen-bond acceptors (Lipinski definition) is 4. The van der Waals surface area contributed by atoms with E-state index >= 15 is 0 Å². The summed E-state index contributed by atoms with van der Waals surface area (Å²) in [7, 11) is 5.15. The topological polar surface area (TPSA) is 62.3 Å². The van der Waals surface area contributed by atoms with Crippen molar-refractivity contribution in [3.63, 3.8) is 0 Å².